The minimum Gasteiger partial charge on any atom is -0.377 e. The summed E-state index contributed by atoms with van der Waals surface area (Å²) in [4.78, 5) is 7.09. The summed E-state index contributed by atoms with van der Waals surface area (Å²) in [5.41, 5.74) is 1.58. The van der Waals surface area contributed by atoms with Crippen molar-refractivity contribution in [2.45, 2.75) is 71.6 Å². The van der Waals surface area contributed by atoms with Gasteiger partial charge in [-0.25, -0.2) is 0 Å². The summed E-state index contributed by atoms with van der Waals surface area (Å²) in [6, 6.07) is 11.8. The highest BCUT2D eigenvalue weighted by Gasteiger charge is 2.35. The molecule has 2 saturated heterocycles. The molecule has 0 spiro atoms. The minimum absolute atomic E-state index is 0. The maximum atomic E-state index is 6.14. The number of nitrogens with one attached hydrogen (secondary N) is 2. The predicted molar refractivity (Wildman–Crippen MR) is 141 cm³/mol. The molecule has 0 aromatic heterocycles. The Kier molecular flexibility index (Phi) is 10.6. The maximum absolute atomic E-state index is 6.14. The first-order chi connectivity index (χ1) is 14.4. The molecular formula is C25H43IN4O. The molecule has 3 atom stereocenters. The van der Waals surface area contributed by atoms with E-state index in [-0.39, 0.29) is 29.4 Å². The molecule has 2 aliphatic rings. The van der Waals surface area contributed by atoms with Gasteiger partial charge in [-0.3, -0.25) is 9.89 Å². The van der Waals surface area contributed by atoms with E-state index in [9.17, 15) is 0 Å². The van der Waals surface area contributed by atoms with Gasteiger partial charge in [-0.15, -0.1) is 24.0 Å². The van der Waals surface area contributed by atoms with Crippen LogP contribution in [0.4, 0.5) is 0 Å². The number of benzene rings is 1. The Hall–Kier alpha value is -0.860. The lowest BCUT2D eigenvalue weighted by Gasteiger charge is -2.40. The molecule has 1 aromatic rings. The van der Waals surface area contributed by atoms with Crippen LogP contribution >= 0.6 is 24.0 Å². The standard InChI is InChI=1S/C25H42N4O.HI/c1-19(20-10-7-6-8-11-20)29-15-13-22(14-16-29)28-24(26-5)27-18-21-12-9-17-30-23(21)25(2,3)4;/h6-8,10-11,19,21-23H,9,12-18H2,1-5H3,(H2,26,27,28);1H. The summed E-state index contributed by atoms with van der Waals surface area (Å²) in [6.45, 7) is 13.2. The van der Waals surface area contributed by atoms with Gasteiger partial charge in [0.25, 0.3) is 0 Å². The molecule has 2 fully saturated rings. The zero-order valence-corrected chi connectivity index (χ0v) is 22.4. The number of nitrogens with zero attached hydrogens (tertiary/aromatic N) is 2. The van der Waals surface area contributed by atoms with Crippen molar-refractivity contribution in [3.8, 4) is 0 Å². The molecule has 5 nitrogen and oxygen atoms in total. The Morgan fingerprint density at radius 2 is 1.84 bits per heavy atom. The van der Waals surface area contributed by atoms with Gasteiger partial charge in [0.05, 0.1) is 6.10 Å². The zero-order chi connectivity index (χ0) is 21.6. The quantitative estimate of drug-likeness (QED) is 0.318. The molecule has 0 amide bonds. The van der Waals surface area contributed by atoms with E-state index in [0.717, 1.165) is 51.5 Å². The number of halogens is 1. The van der Waals surface area contributed by atoms with Crippen molar-refractivity contribution in [3.63, 3.8) is 0 Å². The van der Waals surface area contributed by atoms with Gasteiger partial charge in [0.15, 0.2) is 5.96 Å². The fourth-order valence-electron chi connectivity index (χ4n) is 5.00. The van der Waals surface area contributed by atoms with Gasteiger partial charge in [0.1, 0.15) is 0 Å². The summed E-state index contributed by atoms with van der Waals surface area (Å²) in [5, 5.41) is 7.26. The van der Waals surface area contributed by atoms with Gasteiger partial charge in [-0.2, -0.15) is 0 Å². The van der Waals surface area contributed by atoms with Crippen molar-refractivity contribution in [2.24, 2.45) is 16.3 Å². The molecule has 31 heavy (non-hydrogen) atoms. The lowest BCUT2D eigenvalue weighted by molar-refractivity contribution is -0.0835. The van der Waals surface area contributed by atoms with E-state index in [1.54, 1.807) is 0 Å². The van der Waals surface area contributed by atoms with Crippen LogP contribution in [0.25, 0.3) is 0 Å². The second-order valence-corrected chi connectivity index (χ2v) is 10.1. The Morgan fingerprint density at radius 3 is 2.45 bits per heavy atom. The minimum atomic E-state index is 0. The van der Waals surface area contributed by atoms with E-state index in [1.807, 2.05) is 7.05 Å². The van der Waals surface area contributed by atoms with Gasteiger partial charge >= 0.3 is 0 Å². The second-order valence-electron chi connectivity index (χ2n) is 10.1. The molecule has 6 heteroatoms. The first-order valence-electron chi connectivity index (χ1n) is 11.8. The van der Waals surface area contributed by atoms with Crippen LogP contribution in [0.15, 0.2) is 35.3 Å². The Labute approximate surface area is 206 Å². The normalized spacial score (nSPS) is 24.9. The molecule has 0 aliphatic carbocycles. The average molecular weight is 543 g/mol. The zero-order valence-electron chi connectivity index (χ0n) is 20.1. The van der Waals surface area contributed by atoms with E-state index in [4.69, 9.17) is 4.74 Å². The Morgan fingerprint density at radius 1 is 1.16 bits per heavy atom. The van der Waals surface area contributed by atoms with Crippen LogP contribution in [0, 0.1) is 11.3 Å². The molecule has 2 aliphatic heterocycles. The summed E-state index contributed by atoms with van der Waals surface area (Å²) in [5.74, 6) is 1.47. The number of ether oxygens (including phenoxy) is 1. The van der Waals surface area contributed by atoms with Crippen molar-refractivity contribution in [2.75, 3.05) is 33.3 Å². The third-order valence-corrected chi connectivity index (χ3v) is 6.75. The fourth-order valence-corrected chi connectivity index (χ4v) is 5.00. The van der Waals surface area contributed by atoms with E-state index >= 15 is 0 Å². The number of likely N-dealkylation sites (tertiary alicyclic amines) is 1. The summed E-state index contributed by atoms with van der Waals surface area (Å²) in [6.07, 6.45) is 4.98. The van der Waals surface area contributed by atoms with Crippen LogP contribution in [-0.4, -0.2) is 56.3 Å². The molecule has 0 bridgehead atoms. The number of hydrogen-bond acceptors (Lipinski definition) is 3. The highest BCUT2D eigenvalue weighted by Crippen LogP contribution is 2.33. The number of rotatable bonds is 5. The van der Waals surface area contributed by atoms with Crippen molar-refractivity contribution >= 4 is 29.9 Å². The van der Waals surface area contributed by atoms with Crippen molar-refractivity contribution in [1.29, 1.82) is 0 Å². The van der Waals surface area contributed by atoms with Crippen LogP contribution in [0.3, 0.4) is 0 Å². The summed E-state index contributed by atoms with van der Waals surface area (Å²) < 4.78 is 6.14. The third kappa shape index (κ3) is 7.60. The molecule has 2 heterocycles. The number of piperidine rings is 1. The van der Waals surface area contributed by atoms with Crippen molar-refractivity contribution in [3.05, 3.63) is 35.9 Å². The summed E-state index contributed by atoms with van der Waals surface area (Å²) in [7, 11) is 1.88. The number of guanidine groups is 1. The topological polar surface area (TPSA) is 48.9 Å². The lowest BCUT2D eigenvalue weighted by atomic mass is 9.78. The highest BCUT2D eigenvalue weighted by atomic mass is 127. The molecule has 3 unspecified atom stereocenters. The van der Waals surface area contributed by atoms with E-state index in [1.165, 1.54) is 12.0 Å². The van der Waals surface area contributed by atoms with Crippen molar-refractivity contribution < 1.29 is 4.74 Å². The molecule has 0 radical (unpaired) electrons. The molecule has 0 saturated carbocycles. The van der Waals surface area contributed by atoms with Gasteiger partial charge in [-0.1, -0.05) is 51.1 Å². The second kappa shape index (κ2) is 12.4. The number of hydrogen-bond donors (Lipinski definition) is 2. The largest absolute Gasteiger partial charge is 0.377 e. The van der Waals surface area contributed by atoms with E-state index in [0.29, 0.717) is 24.1 Å². The molecule has 176 valence electrons. The van der Waals surface area contributed by atoms with Crippen LogP contribution < -0.4 is 10.6 Å². The molecular weight excluding hydrogens is 499 g/mol. The SMILES string of the molecule is CN=C(NCC1CCCOC1C(C)(C)C)NC1CCN(C(C)c2ccccc2)CC1.I. The first kappa shape index (κ1) is 26.4. The average Bonchev–Trinajstić information content (AvgIpc) is 2.76. The van der Waals surface area contributed by atoms with Crippen LogP contribution in [0.2, 0.25) is 0 Å². The molecule has 3 rings (SSSR count). The molecule has 2 N–H and O–H groups in total. The van der Waals surface area contributed by atoms with Gasteiger partial charge in [0.2, 0.25) is 0 Å². The fraction of sp³-hybridized carbons (Fsp3) is 0.720. The number of aliphatic imine (C=N–C) groups is 1. The van der Waals surface area contributed by atoms with Gasteiger partial charge < -0.3 is 15.4 Å². The summed E-state index contributed by atoms with van der Waals surface area (Å²) >= 11 is 0. The third-order valence-electron chi connectivity index (χ3n) is 6.75. The highest BCUT2D eigenvalue weighted by molar-refractivity contribution is 14.0. The smallest absolute Gasteiger partial charge is 0.191 e. The lowest BCUT2D eigenvalue weighted by Crippen LogP contribution is -2.51. The molecule has 1 aromatic carbocycles. The maximum Gasteiger partial charge on any atom is 0.191 e. The Balaban J connectivity index is 0.00000341. The van der Waals surface area contributed by atoms with Crippen LogP contribution in [-0.2, 0) is 4.74 Å². The van der Waals surface area contributed by atoms with Gasteiger partial charge in [0, 0.05) is 51.3 Å². The first-order valence-corrected chi connectivity index (χ1v) is 11.8. The van der Waals surface area contributed by atoms with E-state index < -0.39 is 0 Å². The van der Waals surface area contributed by atoms with Crippen LogP contribution in [0.5, 0.6) is 0 Å². The monoisotopic (exact) mass is 542 g/mol. The Bertz CT molecular complexity index is 668. The van der Waals surface area contributed by atoms with Crippen LogP contribution in [0.1, 0.15) is 65.0 Å². The van der Waals surface area contributed by atoms with Gasteiger partial charge in [-0.05, 0) is 43.6 Å². The van der Waals surface area contributed by atoms with Crippen molar-refractivity contribution in [1.82, 2.24) is 15.5 Å². The van der Waals surface area contributed by atoms with E-state index in [2.05, 4.69) is 78.6 Å². The predicted octanol–water partition coefficient (Wildman–Crippen LogP) is 4.84.